The van der Waals surface area contributed by atoms with Crippen LogP contribution in [0.4, 0.5) is 0 Å². The smallest absolute Gasteiger partial charge is 0.211 e. The third-order valence-electron chi connectivity index (χ3n) is 1.68. The molecule has 2 atom stereocenters. The molecule has 6 heteroatoms. The van der Waals surface area contributed by atoms with E-state index in [-0.39, 0.29) is 0 Å². The molecule has 0 aliphatic heterocycles. The number of nitrogens with one attached hydrogen (secondary N) is 1. The average Bonchev–Trinajstić information content (AvgIpc) is 2.24. The highest BCUT2D eigenvalue weighted by Crippen LogP contribution is 2.57. The summed E-state index contributed by atoms with van der Waals surface area (Å²) < 4.78 is 5.35. The summed E-state index contributed by atoms with van der Waals surface area (Å²) in [4.78, 5) is 4.07. The molecule has 0 spiro atoms. The van der Waals surface area contributed by atoms with Crippen molar-refractivity contribution < 1.29 is 4.52 Å². The minimum atomic E-state index is -2.00. The molecule has 0 fully saturated rings. The first-order valence-corrected chi connectivity index (χ1v) is 8.99. The Balaban J connectivity index is 4.18. The monoisotopic (exact) mass is 266 g/mol. The van der Waals surface area contributed by atoms with Crippen LogP contribution >= 0.6 is 17.0 Å². The van der Waals surface area contributed by atoms with Crippen LogP contribution in [0.1, 0.15) is 20.3 Å². The van der Waals surface area contributed by atoms with E-state index in [9.17, 15) is 0 Å². The minimum Gasteiger partial charge on any atom is -0.330 e. The molecule has 0 heterocycles. The Bertz CT molecular complexity index is 258. The zero-order valence-electron chi connectivity index (χ0n) is 9.47. The normalized spacial score (nSPS) is 17.3. The second-order valence-corrected chi connectivity index (χ2v) is 9.96. The van der Waals surface area contributed by atoms with Crippen LogP contribution in [0.15, 0.2) is 17.6 Å². The number of nitrogens with zero attached hydrogens (tertiary/aromatic N) is 1. The Labute approximate surface area is 102 Å². The first kappa shape index (κ1) is 15.2. The molecule has 3 nitrogen and oxygen atoms in total. The van der Waals surface area contributed by atoms with Crippen LogP contribution in [0.5, 0.6) is 0 Å². The van der Waals surface area contributed by atoms with Gasteiger partial charge in [0.2, 0.25) is 5.62 Å². The first-order valence-electron chi connectivity index (χ1n) is 4.79. The van der Waals surface area contributed by atoms with Gasteiger partial charge in [-0.1, -0.05) is 31.3 Å². The Hall–Kier alpha value is 0.170. The van der Waals surface area contributed by atoms with Crippen molar-refractivity contribution in [2.24, 2.45) is 4.99 Å². The van der Waals surface area contributed by atoms with Crippen LogP contribution in [0.2, 0.25) is 0 Å². The van der Waals surface area contributed by atoms with E-state index >= 15 is 0 Å². The summed E-state index contributed by atoms with van der Waals surface area (Å²) in [5.74, 6) is 0. The summed E-state index contributed by atoms with van der Waals surface area (Å²) in [6, 6.07) is 0. The molecule has 0 bridgehead atoms. The molecular formula is C9H19N2OPS2. The van der Waals surface area contributed by atoms with Crippen LogP contribution in [0.3, 0.4) is 0 Å². The molecular weight excluding hydrogens is 247 g/mol. The zero-order valence-corrected chi connectivity index (χ0v) is 12.0. The van der Waals surface area contributed by atoms with E-state index in [1.54, 1.807) is 30.9 Å². The van der Waals surface area contributed by atoms with Crippen molar-refractivity contribution in [3.63, 3.8) is 0 Å². The van der Waals surface area contributed by atoms with E-state index in [0.29, 0.717) is 11.8 Å². The maximum absolute atomic E-state index is 5.42. The van der Waals surface area contributed by atoms with Crippen molar-refractivity contribution in [1.29, 1.82) is 0 Å². The maximum atomic E-state index is 5.42. The Morgan fingerprint density at radius 1 is 1.73 bits per heavy atom. The quantitative estimate of drug-likeness (QED) is 0.316. The SMILES string of the molecule is C=CCN=CNP(=S)(OC)SC(C)CC. The van der Waals surface area contributed by atoms with Gasteiger partial charge in [-0.25, -0.2) is 0 Å². The van der Waals surface area contributed by atoms with Gasteiger partial charge < -0.3 is 9.61 Å². The van der Waals surface area contributed by atoms with Gasteiger partial charge in [0.25, 0.3) is 0 Å². The molecule has 0 saturated carbocycles. The van der Waals surface area contributed by atoms with E-state index in [0.717, 1.165) is 6.42 Å². The maximum Gasteiger partial charge on any atom is 0.211 e. The van der Waals surface area contributed by atoms with E-state index in [4.69, 9.17) is 16.3 Å². The highest BCUT2D eigenvalue weighted by Gasteiger charge is 2.18. The highest BCUT2D eigenvalue weighted by atomic mass is 32.9. The van der Waals surface area contributed by atoms with Crippen molar-refractivity contribution in [3.8, 4) is 0 Å². The summed E-state index contributed by atoms with van der Waals surface area (Å²) in [7, 11) is 1.64. The lowest BCUT2D eigenvalue weighted by Gasteiger charge is -2.21. The van der Waals surface area contributed by atoms with Gasteiger partial charge in [0, 0.05) is 12.4 Å². The lowest BCUT2D eigenvalue weighted by molar-refractivity contribution is 0.467. The lowest BCUT2D eigenvalue weighted by atomic mass is 10.4. The van der Waals surface area contributed by atoms with Gasteiger partial charge in [0.15, 0.2) is 0 Å². The fourth-order valence-electron chi connectivity index (χ4n) is 0.676. The van der Waals surface area contributed by atoms with Gasteiger partial charge in [0.05, 0.1) is 12.9 Å². The second kappa shape index (κ2) is 8.34. The molecule has 0 saturated heterocycles. The highest BCUT2D eigenvalue weighted by molar-refractivity contribution is 8.69. The van der Waals surface area contributed by atoms with Crippen molar-refractivity contribution in [2.75, 3.05) is 13.7 Å². The standard InChI is InChI=1S/C9H19N2OPS2/c1-5-7-10-8-11-13(14,12-4)15-9(3)6-2/h5,8-9H,1,6-7H2,2-4H3,(H,10,11,14). The summed E-state index contributed by atoms with van der Waals surface area (Å²) in [5.41, 5.74) is -2.00. The molecule has 2 unspecified atom stereocenters. The third-order valence-corrected chi connectivity index (χ3v) is 7.77. The van der Waals surface area contributed by atoms with Crippen LogP contribution in [-0.2, 0) is 16.3 Å². The third kappa shape index (κ3) is 7.12. The van der Waals surface area contributed by atoms with Crippen molar-refractivity contribution in [2.45, 2.75) is 25.5 Å². The van der Waals surface area contributed by atoms with E-state index in [1.165, 1.54) is 0 Å². The van der Waals surface area contributed by atoms with Crippen LogP contribution in [0, 0.1) is 0 Å². The fraction of sp³-hybridized carbons (Fsp3) is 0.667. The van der Waals surface area contributed by atoms with E-state index < -0.39 is 5.62 Å². The van der Waals surface area contributed by atoms with Gasteiger partial charge in [-0.3, -0.25) is 4.99 Å². The van der Waals surface area contributed by atoms with Gasteiger partial charge in [-0.15, -0.1) is 6.58 Å². The average molecular weight is 266 g/mol. The number of aliphatic imine (C=N–C) groups is 1. The number of hydrogen-bond acceptors (Lipinski definition) is 4. The molecule has 0 amide bonds. The molecule has 1 N–H and O–H groups in total. The van der Waals surface area contributed by atoms with E-state index in [2.05, 4.69) is 30.5 Å². The minimum absolute atomic E-state index is 0.496. The molecule has 15 heavy (non-hydrogen) atoms. The van der Waals surface area contributed by atoms with Crippen molar-refractivity contribution in [1.82, 2.24) is 5.09 Å². The van der Waals surface area contributed by atoms with Crippen LogP contribution < -0.4 is 5.09 Å². The van der Waals surface area contributed by atoms with Crippen molar-refractivity contribution in [3.05, 3.63) is 12.7 Å². The van der Waals surface area contributed by atoms with E-state index in [1.807, 2.05) is 0 Å². The predicted octanol–water partition coefficient (Wildman–Crippen LogP) is 3.19. The van der Waals surface area contributed by atoms with Crippen LogP contribution in [-0.4, -0.2) is 25.2 Å². The molecule has 0 aliphatic rings. The predicted molar refractivity (Wildman–Crippen MR) is 75.3 cm³/mol. The van der Waals surface area contributed by atoms with Gasteiger partial charge in [-0.2, -0.15) is 0 Å². The summed E-state index contributed by atoms with van der Waals surface area (Å²) in [6.45, 7) is 8.46. The molecule has 0 rings (SSSR count). The lowest BCUT2D eigenvalue weighted by Crippen LogP contribution is -2.09. The van der Waals surface area contributed by atoms with Gasteiger partial charge in [0.1, 0.15) is 0 Å². The summed E-state index contributed by atoms with van der Waals surface area (Å²) >= 11 is 7.10. The first-order chi connectivity index (χ1) is 7.08. The van der Waals surface area contributed by atoms with Crippen molar-refractivity contribution >= 4 is 35.1 Å². The summed E-state index contributed by atoms with van der Waals surface area (Å²) in [6.07, 6.45) is 4.44. The number of rotatable bonds is 8. The largest absolute Gasteiger partial charge is 0.330 e. The molecule has 0 aromatic carbocycles. The topological polar surface area (TPSA) is 33.6 Å². The Morgan fingerprint density at radius 3 is 2.87 bits per heavy atom. The Morgan fingerprint density at radius 2 is 2.40 bits per heavy atom. The molecule has 0 aromatic heterocycles. The number of hydrogen-bond donors (Lipinski definition) is 1. The zero-order chi connectivity index (χ0) is 11.7. The molecule has 88 valence electrons. The molecule has 0 aromatic rings. The molecule has 0 aliphatic carbocycles. The van der Waals surface area contributed by atoms with Crippen LogP contribution in [0.25, 0.3) is 0 Å². The van der Waals surface area contributed by atoms with Gasteiger partial charge in [-0.05, 0) is 18.2 Å². The molecule has 0 radical (unpaired) electrons. The Kier molecular flexibility index (Phi) is 8.43. The van der Waals surface area contributed by atoms with Gasteiger partial charge >= 0.3 is 0 Å². The fourth-order valence-corrected chi connectivity index (χ4v) is 5.69. The summed E-state index contributed by atoms with van der Waals surface area (Å²) in [5, 5.41) is 3.57. The second-order valence-electron chi connectivity index (χ2n) is 2.92.